The van der Waals surface area contributed by atoms with E-state index in [1.54, 1.807) is 7.11 Å². The third-order valence-electron chi connectivity index (χ3n) is 11.9. The van der Waals surface area contributed by atoms with Gasteiger partial charge >= 0.3 is 11.9 Å². The Hall–Kier alpha value is -2.80. The molecule has 0 spiro atoms. The summed E-state index contributed by atoms with van der Waals surface area (Å²) in [5.74, 6) is 2.67. The Labute approximate surface area is 263 Å². The van der Waals surface area contributed by atoms with Gasteiger partial charge in [0.15, 0.2) is 11.5 Å². The van der Waals surface area contributed by atoms with Crippen molar-refractivity contribution in [3.8, 4) is 11.5 Å². The molecular weight excluding hydrogens is 554 g/mol. The Morgan fingerprint density at radius 1 is 0.977 bits per heavy atom. The molecule has 0 N–H and O–H groups in total. The zero-order valence-electron chi connectivity index (χ0n) is 27.4. The summed E-state index contributed by atoms with van der Waals surface area (Å²) in [6.45, 7) is 11.8. The van der Waals surface area contributed by atoms with Crippen LogP contribution in [-0.2, 0) is 19.1 Å². The fourth-order valence-electron chi connectivity index (χ4n) is 9.71. The molecular formula is C37H51NO6. The second-order valence-electron chi connectivity index (χ2n) is 14.5. The molecule has 1 heterocycles. The van der Waals surface area contributed by atoms with Crippen LogP contribution in [0.4, 0.5) is 0 Å². The average molecular weight is 606 g/mol. The molecule has 0 unspecified atom stereocenters. The largest absolute Gasteiger partial charge is 0.493 e. The number of fused-ring (bicyclic) bond motifs is 5. The molecule has 6 rings (SSSR count). The molecule has 4 fully saturated rings. The zero-order valence-corrected chi connectivity index (χ0v) is 27.4. The SMILES string of the molecule is COc1cc(/C=C2\C[C@H]3[C@@H]4CC=C5C[C@@H](OC(C)=O)CC[C@]5(C)[C@H]4CC[C@]3(C)[C@H]2OC(C)=O)ccc1OCCN1CCCC1. The van der Waals surface area contributed by atoms with Crippen LogP contribution in [0.1, 0.15) is 91.0 Å². The number of hydrogen-bond acceptors (Lipinski definition) is 7. The Balaban J connectivity index is 1.23. The fraction of sp³-hybridized carbons (Fsp3) is 0.676. The first-order valence-corrected chi connectivity index (χ1v) is 16.9. The molecule has 44 heavy (non-hydrogen) atoms. The Bertz CT molecular complexity index is 1310. The molecule has 5 aliphatic rings. The van der Waals surface area contributed by atoms with E-state index in [2.05, 4.69) is 37.0 Å². The number of esters is 2. The lowest BCUT2D eigenvalue weighted by Crippen LogP contribution is -2.51. The summed E-state index contributed by atoms with van der Waals surface area (Å²) in [5.41, 5.74) is 3.78. The highest BCUT2D eigenvalue weighted by atomic mass is 16.5. The van der Waals surface area contributed by atoms with E-state index < -0.39 is 0 Å². The van der Waals surface area contributed by atoms with Crippen molar-refractivity contribution in [2.24, 2.45) is 28.6 Å². The van der Waals surface area contributed by atoms with Crippen molar-refractivity contribution in [1.82, 2.24) is 4.90 Å². The summed E-state index contributed by atoms with van der Waals surface area (Å²) in [7, 11) is 1.69. The van der Waals surface area contributed by atoms with E-state index >= 15 is 0 Å². The molecule has 1 aromatic carbocycles. The molecule has 1 saturated heterocycles. The van der Waals surface area contributed by atoms with Gasteiger partial charge in [0.25, 0.3) is 0 Å². The maximum atomic E-state index is 12.4. The van der Waals surface area contributed by atoms with E-state index in [1.807, 2.05) is 12.1 Å². The van der Waals surface area contributed by atoms with Crippen LogP contribution in [0.2, 0.25) is 0 Å². The van der Waals surface area contributed by atoms with Gasteiger partial charge in [0.05, 0.1) is 7.11 Å². The minimum Gasteiger partial charge on any atom is -0.493 e. The predicted octanol–water partition coefficient (Wildman–Crippen LogP) is 6.99. The van der Waals surface area contributed by atoms with Crippen molar-refractivity contribution in [2.75, 3.05) is 33.4 Å². The molecule has 3 saturated carbocycles. The third kappa shape index (κ3) is 5.93. The summed E-state index contributed by atoms with van der Waals surface area (Å²) < 4.78 is 23.7. The van der Waals surface area contributed by atoms with Gasteiger partial charge in [-0.15, -0.1) is 0 Å². The third-order valence-corrected chi connectivity index (χ3v) is 11.9. The van der Waals surface area contributed by atoms with Crippen molar-refractivity contribution < 1.29 is 28.5 Å². The van der Waals surface area contributed by atoms with Crippen molar-refractivity contribution in [1.29, 1.82) is 0 Å². The quantitative estimate of drug-likeness (QED) is 0.234. The maximum Gasteiger partial charge on any atom is 0.303 e. The highest BCUT2D eigenvalue weighted by Crippen LogP contribution is 2.66. The molecule has 4 aliphatic carbocycles. The average Bonchev–Trinajstić information content (AvgIpc) is 3.59. The minimum atomic E-state index is -0.230. The summed E-state index contributed by atoms with van der Waals surface area (Å²) in [4.78, 5) is 26.5. The van der Waals surface area contributed by atoms with Gasteiger partial charge in [-0.2, -0.15) is 0 Å². The van der Waals surface area contributed by atoms with E-state index in [-0.39, 0.29) is 35.0 Å². The number of likely N-dealkylation sites (tertiary alicyclic amines) is 1. The lowest BCUT2D eigenvalue weighted by atomic mass is 9.48. The molecule has 0 amide bonds. The molecule has 1 aromatic rings. The number of allylic oxidation sites excluding steroid dienone is 1. The molecule has 0 aromatic heterocycles. The van der Waals surface area contributed by atoms with E-state index in [0.29, 0.717) is 24.4 Å². The highest BCUT2D eigenvalue weighted by molar-refractivity contribution is 5.68. The van der Waals surface area contributed by atoms with Crippen LogP contribution in [0.25, 0.3) is 6.08 Å². The monoisotopic (exact) mass is 605 g/mol. The lowest BCUT2D eigenvalue weighted by Gasteiger charge is -2.57. The first-order valence-electron chi connectivity index (χ1n) is 16.9. The Morgan fingerprint density at radius 2 is 1.75 bits per heavy atom. The number of rotatable bonds is 8. The van der Waals surface area contributed by atoms with E-state index in [4.69, 9.17) is 18.9 Å². The highest BCUT2D eigenvalue weighted by Gasteiger charge is 2.61. The Morgan fingerprint density at radius 3 is 2.48 bits per heavy atom. The van der Waals surface area contributed by atoms with Crippen LogP contribution in [0.5, 0.6) is 11.5 Å². The van der Waals surface area contributed by atoms with Crippen molar-refractivity contribution in [2.45, 2.75) is 97.7 Å². The molecule has 0 radical (unpaired) electrons. The molecule has 1 aliphatic heterocycles. The Kier molecular flexibility index (Phi) is 8.89. The van der Waals surface area contributed by atoms with Crippen LogP contribution >= 0.6 is 0 Å². The summed E-state index contributed by atoms with van der Waals surface area (Å²) in [6.07, 6.45) is 14.0. The molecule has 7 atom stereocenters. The van der Waals surface area contributed by atoms with Crippen molar-refractivity contribution in [3.63, 3.8) is 0 Å². The van der Waals surface area contributed by atoms with Crippen LogP contribution in [0.15, 0.2) is 35.4 Å². The number of methoxy groups -OCH3 is 1. The molecule has 240 valence electrons. The number of carbonyl (C=O) groups excluding carboxylic acids is 2. The number of nitrogens with zero attached hydrogens (tertiary/aromatic N) is 1. The van der Waals surface area contributed by atoms with Crippen LogP contribution in [0.3, 0.4) is 0 Å². The zero-order chi connectivity index (χ0) is 31.1. The number of carbonyl (C=O) groups is 2. The van der Waals surface area contributed by atoms with Crippen molar-refractivity contribution >= 4 is 18.0 Å². The van der Waals surface area contributed by atoms with Crippen LogP contribution in [-0.4, -0.2) is 62.4 Å². The minimum absolute atomic E-state index is 0.00505. The van der Waals surface area contributed by atoms with E-state index in [9.17, 15) is 9.59 Å². The summed E-state index contributed by atoms with van der Waals surface area (Å²) in [5, 5.41) is 0. The topological polar surface area (TPSA) is 74.3 Å². The maximum absolute atomic E-state index is 12.4. The standard InChI is InChI=1S/C37H51NO6/c1-24(39)43-29-12-14-36(3)28(23-29)9-10-30-31(36)13-15-37(4)32(30)22-27(35(37)44-25(2)40)20-26-8-11-33(34(21-26)41-5)42-19-18-38-16-6-7-17-38/h8-9,11,20-21,29-32,35H,6-7,10,12-19,22-23H2,1-5H3/b27-20+/t29-,30+,31-,32-,35-,36-,37-/m0/s1. The van der Waals surface area contributed by atoms with Gasteiger partial charge in [-0.05, 0) is 111 Å². The van der Waals surface area contributed by atoms with Crippen molar-refractivity contribution in [3.05, 3.63) is 41.0 Å². The summed E-state index contributed by atoms with van der Waals surface area (Å²) in [6, 6.07) is 6.15. The van der Waals surface area contributed by atoms with Gasteiger partial charge in [0.1, 0.15) is 18.8 Å². The van der Waals surface area contributed by atoms with Gasteiger partial charge in [0.2, 0.25) is 0 Å². The first kappa shape index (κ1) is 31.2. The predicted molar refractivity (Wildman–Crippen MR) is 170 cm³/mol. The van der Waals surface area contributed by atoms with Crippen LogP contribution < -0.4 is 9.47 Å². The van der Waals surface area contributed by atoms with E-state index in [0.717, 1.165) is 81.6 Å². The molecule has 7 nitrogen and oxygen atoms in total. The summed E-state index contributed by atoms with van der Waals surface area (Å²) >= 11 is 0. The van der Waals surface area contributed by atoms with Gasteiger partial charge in [-0.25, -0.2) is 0 Å². The van der Waals surface area contributed by atoms with Gasteiger partial charge in [-0.1, -0.05) is 37.6 Å². The van der Waals surface area contributed by atoms with E-state index in [1.165, 1.54) is 37.8 Å². The second-order valence-corrected chi connectivity index (χ2v) is 14.5. The smallest absolute Gasteiger partial charge is 0.303 e. The normalized spacial score (nSPS) is 35.7. The molecule has 0 bridgehead atoms. The lowest BCUT2D eigenvalue weighted by molar-refractivity contribution is -0.154. The van der Waals surface area contributed by atoms with Crippen LogP contribution in [0, 0.1) is 28.6 Å². The number of ether oxygens (including phenoxy) is 4. The molecule has 7 heteroatoms. The van der Waals surface area contributed by atoms with Gasteiger partial charge in [0, 0.05) is 32.2 Å². The second kappa shape index (κ2) is 12.5. The van der Waals surface area contributed by atoms with Gasteiger partial charge < -0.3 is 18.9 Å². The number of hydrogen-bond donors (Lipinski definition) is 0. The number of benzene rings is 1. The fourth-order valence-corrected chi connectivity index (χ4v) is 9.71. The first-order chi connectivity index (χ1) is 21.1. The van der Waals surface area contributed by atoms with Gasteiger partial charge in [-0.3, -0.25) is 14.5 Å².